The molecule has 0 aliphatic carbocycles. The molecule has 0 fully saturated rings. The molecule has 0 bridgehead atoms. The molecule has 2 heteroatoms. The van der Waals surface area contributed by atoms with Crippen molar-refractivity contribution < 1.29 is 19.5 Å². The minimum Gasteiger partial charge on any atom is -0.343 e. The molecule has 0 saturated carbocycles. The maximum Gasteiger partial charge on any atom is 0.00303 e. The van der Waals surface area contributed by atoms with Crippen LogP contribution in [0.4, 0.5) is 0 Å². The van der Waals surface area contributed by atoms with Crippen molar-refractivity contribution in [3.8, 4) is 0 Å². The Bertz CT molecular complexity index is 20.0. The first-order chi connectivity index (χ1) is 2.91. The normalized spacial score (nSPS) is 7.71. The van der Waals surface area contributed by atoms with Gasteiger partial charge in [-0.25, -0.2) is 0 Å². The molecular weight excluding hydrogens is 205 g/mol. The van der Waals surface area contributed by atoms with Crippen LogP contribution < -0.4 is 0 Å². The molecule has 0 saturated heterocycles. The standard InChI is InChI=1S/C5H10Br.Zn/c1-2-3-4-5-6;/h1-5H2;/q-1;. The minimum atomic E-state index is 0. The monoisotopic (exact) mass is 213 g/mol. The van der Waals surface area contributed by atoms with E-state index < -0.39 is 0 Å². The molecule has 0 aliphatic rings. The van der Waals surface area contributed by atoms with Gasteiger partial charge in [0.1, 0.15) is 0 Å². The van der Waals surface area contributed by atoms with Gasteiger partial charge in [0.2, 0.25) is 0 Å². The number of hydrogen-bond donors (Lipinski definition) is 0. The van der Waals surface area contributed by atoms with Gasteiger partial charge in [-0.15, -0.1) is 0 Å². The smallest absolute Gasteiger partial charge is 0.00303 e. The van der Waals surface area contributed by atoms with Crippen LogP contribution in [0.3, 0.4) is 0 Å². The number of alkyl halides is 1. The Labute approximate surface area is 66.9 Å². The topological polar surface area (TPSA) is 0 Å². The summed E-state index contributed by atoms with van der Waals surface area (Å²) in [5.74, 6) is 0. The Kier molecular flexibility index (Phi) is 15.9. The zero-order valence-electron chi connectivity index (χ0n) is 4.62. The average Bonchev–Trinajstić information content (AvgIpc) is 1.61. The van der Waals surface area contributed by atoms with Crippen LogP contribution in [0.5, 0.6) is 0 Å². The predicted octanol–water partition coefficient (Wildman–Crippen LogP) is 2.38. The van der Waals surface area contributed by atoms with E-state index >= 15 is 0 Å². The zero-order valence-corrected chi connectivity index (χ0v) is 9.17. The van der Waals surface area contributed by atoms with E-state index in [1.807, 2.05) is 0 Å². The van der Waals surface area contributed by atoms with Gasteiger partial charge in [-0.05, 0) is 6.42 Å². The fourth-order valence-electron chi connectivity index (χ4n) is 0.271. The molecule has 0 radical (unpaired) electrons. The molecule has 0 heterocycles. The number of rotatable bonds is 3. The van der Waals surface area contributed by atoms with Gasteiger partial charge in [0.05, 0.1) is 0 Å². The van der Waals surface area contributed by atoms with Gasteiger partial charge in [0.25, 0.3) is 0 Å². The summed E-state index contributed by atoms with van der Waals surface area (Å²) >= 11 is 3.32. The van der Waals surface area contributed by atoms with Gasteiger partial charge in [-0.2, -0.15) is 6.42 Å². The Morgan fingerprint density at radius 3 is 2.00 bits per heavy atom. The Balaban J connectivity index is 0. The summed E-state index contributed by atoms with van der Waals surface area (Å²) in [5, 5.41) is 1.13. The number of hydrogen-bond acceptors (Lipinski definition) is 0. The average molecular weight is 215 g/mol. The molecule has 0 aliphatic heterocycles. The summed E-state index contributed by atoms with van der Waals surface area (Å²) in [7, 11) is 0. The van der Waals surface area contributed by atoms with E-state index in [9.17, 15) is 0 Å². The number of unbranched alkanes of at least 4 members (excludes halogenated alkanes) is 2. The Hall–Kier alpha value is 1.10. The van der Waals surface area contributed by atoms with Crippen molar-refractivity contribution in [1.29, 1.82) is 0 Å². The molecule has 0 unspecified atom stereocenters. The van der Waals surface area contributed by atoms with Gasteiger partial charge in [-0.1, -0.05) is 22.4 Å². The van der Waals surface area contributed by atoms with Crippen LogP contribution in [-0.2, 0) is 19.5 Å². The minimum absolute atomic E-state index is 0. The fourth-order valence-corrected chi connectivity index (χ4v) is 0.668. The molecule has 0 aromatic rings. The third-order valence-corrected chi connectivity index (χ3v) is 1.19. The zero-order chi connectivity index (χ0) is 4.83. The van der Waals surface area contributed by atoms with Crippen molar-refractivity contribution in [2.75, 3.05) is 5.33 Å². The second-order valence-corrected chi connectivity index (χ2v) is 2.04. The first-order valence-electron chi connectivity index (χ1n) is 2.27. The summed E-state index contributed by atoms with van der Waals surface area (Å²) in [4.78, 5) is 0. The van der Waals surface area contributed by atoms with E-state index in [0.29, 0.717) is 0 Å². The summed E-state index contributed by atoms with van der Waals surface area (Å²) in [6.45, 7) is 3.70. The van der Waals surface area contributed by atoms with Crippen LogP contribution in [0.2, 0.25) is 0 Å². The van der Waals surface area contributed by atoms with Crippen molar-refractivity contribution >= 4 is 15.9 Å². The summed E-state index contributed by atoms with van der Waals surface area (Å²) in [6, 6.07) is 0. The van der Waals surface area contributed by atoms with Gasteiger partial charge < -0.3 is 6.92 Å². The van der Waals surface area contributed by atoms with E-state index in [4.69, 9.17) is 0 Å². The Morgan fingerprint density at radius 1 is 1.29 bits per heavy atom. The van der Waals surface area contributed by atoms with Gasteiger partial charge in [0, 0.05) is 24.8 Å². The molecule has 0 rings (SSSR count). The molecule has 0 spiro atoms. The van der Waals surface area contributed by atoms with E-state index in [-0.39, 0.29) is 19.5 Å². The first-order valence-corrected chi connectivity index (χ1v) is 3.39. The summed E-state index contributed by atoms with van der Waals surface area (Å²) in [5.41, 5.74) is 0. The van der Waals surface area contributed by atoms with E-state index in [0.717, 1.165) is 11.8 Å². The van der Waals surface area contributed by atoms with E-state index in [2.05, 4.69) is 22.9 Å². The van der Waals surface area contributed by atoms with Gasteiger partial charge in [-0.3, -0.25) is 0 Å². The van der Waals surface area contributed by atoms with Crippen LogP contribution in [0.1, 0.15) is 19.3 Å². The molecule has 40 valence electrons. The third kappa shape index (κ3) is 11.0. The van der Waals surface area contributed by atoms with Gasteiger partial charge >= 0.3 is 0 Å². The van der Waals surface area contributed by atoms with Crippen LogP contribution in [-0.4, -0.2) is 5.33 Å². The fraction of sp³-hybridized carbons (Fsp3) is 0.800. The third-order valence-electron chi connectivity index (χ3n) is 0.634. The van der Waals surface area contributed by atoms with E-state index in [1.54, 1.807) is 0 Å². The summed E-state index contributed by atoms with van der Waals surface area (Å²) < 4.78 is 0. The maximum atomic E-state index is 3.70. The molecule has 0 aromatic carbocycles. The largest absolute Gasteiger partial charge is 0.343 e. The quantitative estimate of drug-likeness (QED) is 0.293. The molecule has 0 amide bonds. The van der Waals surface area contributed by atoms with E-state index in [1.165, 1.54) is 12.8 Å². The van der Waals surface area contributed by atoms with Crippen LogP contribution in [0.15, 0.2) is 0 Å². The van der Waals surface area contributed by atoms with Crippen molar-refractivity contribution in [3.05, 3.63) is 6.92 Å². The summed E-state index contributed by atoms with van der Waals surface area (Å²) in [6.07, 6.45) is 3.60. The Morgan fingerprint density at radius 2 is 1.86 bits per heavy atom. The van der Waals surface area contributed by atoms with Crippen molar-refractivity contribution in [1.82, 2.24) is 0 Å². The van der Waals surface area contributed by atoms with Crippen molar-refractivity contribution in [3.63, 3.8) is 0 Å². The molecule has 0 nitrogen and oxygen atoms in total. The van der Waals surface area contributed by atoms with Gasteiger partial charge in [0.15, 0.2) is 0 Å². The second-order valence-electron chi connectivity index (χ2n) is 1.25. The molecule has 0 aromatic heterocycles. The second kappa shape index (κ2) is 10.2. The predicted molar refractivity (Wildman–Crippen MR) is 33.0 cm³/mol. The molecule has 0 atom stereocenters. The van der Waals surface area contributed by atoms with Crippen LogP contribution >= 0.6 is 15.9 Å². The maximum absolute atomic E-state index is 3.70. The number of halogens is 1. The SMILES string of the molecule is [CH2-]CCCCBr.[Zn]. The van der Waals surface area contributed by atoms with Crippen molar-refractivity contribution in [2.24, 2.45) is 0 Å². The molecule has 7 heavy (non-hydrogen) atoms. The first kappa shape index (κ1) is 11.0. The van der Waals surface area contributed by atoms with Crippen LogP contribution in [0, 0.1) is 6.92 Å². The molecule has 0 N–H and O–H groups in total. The van der Waals surface area contributed by atoms with Crippen molar-refractivity contribution in [2.45, 2.75) is 19.3 Å². The molecular formula is C5H10BrZn-. The van der Waals surface area contributed by atoms with Crippen LogP contribution in [0.25, 0.3) is 0 Å².